The van der Waals surface area contributed by atoms with Crippen LogP contribution in [0.5, 0.6) is 0 Å². The van der Waals surface area contributed by atoms with Crippen LogP contribution in [-0.2, 0) is 48.3 Å². The molecule has 19 nitrogen and oxygen atoms in total. The normalized spacial score (nSPS) is 31.1. The summed E-state index contributed by atoms with van der Waals surface area (Å²) in [6.45, 7) is 6.27. The molecule has 0 aromatic heterocycles. The van der Waals surface area contributed by atoms with Crippen molar-refractivity contribution in [1.29, 1.82) is 0 Å². The summed E-state index contributed by atoms with van der Waals surface area (Å²) >= 11 is 1.67. The molecule has 67 heavy (non-hydrogen) atoms. The molecule has 6 saturated heterocycles. The lowest BCUT2D eigenvalue weighted by Crippen LogP contribution is -2.61. The molecule has 7 unspecified atom stereocenters. The molecule has 8 rings (SSSR count). The number of carbonyl (C=O) groups excluding carboxylic acids is 7. The number of nitrogens with zero attached hydrogens (tertiary/aromatic N) is 4. The molecule has 6 heterocycles. The number of imide groups is 2. The third kappa shape index (κ3) is 12.4. The largest absolute Gasteiger partial charge is 0.381 e. The number of nitrogens with one attached hydrogen (secondary N) is 5. The number of piperidine rings is 2. The van der Waals surface area contributed by atoms with Crippen LogP contribution in [-0.4, -0.2) is 176 Å². The number of thioether (sulfide) groups is 1. The highest BCUT2D eigenvalue weighted by atomic mass is 32.2. The van der Waals surface area contributed by atoms with Gasteiger partial charge < -0.3 is 30.5 Å². The van der Waals surface area contributed by atoms with E-state index in [4.69, 9.17) is 4.74 Å². The predicted octanol–water partition coefficient (Wildman–Crippen LogP) is 0.488. The molecular formula is C46H73N9O10S2. The molecule has 8 fully saturated rings. The van der Waals surface area contributed by atoms with Crippen molar-refractivity contribution < 1.29 is 46.7 Å². The van der Waals surface area contributed by atoms with E-state index in [9.17, 15) is 42.0 Å². The van der Waals surface area contributed by atoms with Crippen molar-refractivity contribution in [2.45, 2.75) is 139 Å². The number of sulfonamides is 1. The standard InChI is InChI=1S/C46H73N9O10S2/c1-67(63,64)54-20-14-31(26-54)40(58)48-35(41(59)51-45-49-36(27-66-45)30-7-3-2-4-8-30)15-24-65-23-5-9-39(57)53-28-46(29-53)16-21-52(22-17-46)19-6-18-47-32-10-11-33-34(25-32)44(62)55(43(33)61)37-12-13-38(56)50-42(37)60/h30-37,45,47,49H,2-29H2,1H3,(H,48,58)(H,51,59)(H,50,56,60)/t31?,32?,33?,34?,35-,36?,37?,45?/m0/s1. The van der Waals surface area contributed by atoms with Gasteiger partial charge in [-0.1, -0.05) is 19.3 Å². The maximum absolute atomic E-state index is 13.6. The van der Waals surface area contributed by atoms with Gasteiger partial charge in [-0.15, -0.1) is 11.8 Å². The highest BCUT2D eigenvalue weighted by molar-refractivity contribution is 8.00. The fraction of sp³-hybridized carbons (Fsp3) is 0.848. The summed E-state index contributed by atoms with van der Waals surface area (Å²) in [4.78, 5) is 96.1. The second kappa shape index (κ2) is 22.3. The number of ether oxygens (including phenoxy) is 1. The zero-order valence-electron chi connectivity index (χ0n) is 39.2. The van der Waals surface area contributed by atoms with Gasteiger partial charge in [0.05, 0.1) is 24.0 Å². The van der Waals surface area contributed by atoms with Gasteiger partial charge in [-0.05, 0) is 109 Å². The molecule has 374 valence electrons. The van der Waals surface area contributed by atoms with Crippen molar-refractivity contribution >= 4 is 63.1 Å². The number of carbonyl (C=O) groups is 7. The maximum Gasteiger partial charge on any atom is 0.249 e. The van der Waals surface area contributed by atoms with E-state index < -0.39 is 39.8 Å². The van der Waals surface area contributed by atoms with Crippen molar-refractivity contribution in [1.82, 2.24) is 45.6 Å². The Kier molecular flexibility index (Phi) is 16.7. The summed E-state index contributed by atoms with van der Waals surface area (Å²) in [6.07, 6.45) is 14.3. The highest BCUT2D eigenvalue weighted by Gasteiger charge is 2.54. The van der Waals surface area contributed by atoms with E-state index in [0.29, 0.717) is 50.7 Å². The molecule has 6 aliphatic heterocycles. The molecular weight excluding hydrogens is 903 g/mol. The van der Waals surface area contributed by atoms with Crippen molar-refractivity contribution in [3.05, 3.63) is 0 Å². The molecule has 0 aromatic rings. The summed E-state index contributed by atoms with van der Waals surface area (Å²) in [6, 6.07) is -1.25. The van der Waals surface area contributed by atoms with E-state index in [1.54, 1.807) is 11.8 Å². The number of likely N-dealkylation sites (tertiary alicyclic amines) is 3. The van der Waals surface area contributed by atoms with Crippen LogP contribution < -0.4 is 26.6 Å². The quantitative estimate of drug-likeness (QED) is 0.0876. The van der Waals surface area contributed by atoms with Gasteiger partial charge in [0.1, 0.15) is 17.6 Å². The van der Waals surface area contributed by atoms with Crippen molar-refractivity contribution in [2.24, 2.45) is 29.1 Å². The molecule has 7 amide bonds. The van der Waals surface area contributed by atoms with Gasteiger partial charge in [0.15, 0.2) is 0 Å². The van der Waals surface area contributed by atoms with Crippen LogP contribution in [0.3, 0.4) is 0 Å². The lowest BCUT2D eigenvalue weighted by atomic mass is 9.72. The molecule has 2 aliphatic carbocycles. The Bertz CT molecular complexity index is 1960. The predicted molar refractivity (Wildman–Crippen MR) is 249 cm³/mol. The first-order valence-electron chi connectivity index (χ1n) is 25.1. The van der Waals surface area contributed by atoms with Crippen molar-refractivity contribution in [2.75, 3.05) is 77.6 Å². The first-order chi connectivity index (χ1) is 32.2. The third-order valence-electron chi connectivity index (χ3n) is 16.0. The third-order valence-corrected chi connectivity index (χ3v) is 18.5. The molecule has 1 spiro atoms. The smallest absolute Gasteiger partial charge is 0.249 e. The zero-order chi connectivity index (χ0) is 47.3. The number of hydrogen-bond donors (Lipinski definition) is 5. The lowest BCUT2D eigenvalue weighted by Gasteiger charge is -2.54. The van der Waals surface area contributed by atoms with Gasteiger partial charge in [0.25, 0.3) is 0 Å². The summed E-state index contributed by atoms with van der Waals surface area (Å²) in [5, 5.41) is 15.5. The Hall–Kier alpha value is -3.21. The van der Waals surface area contributed by atoms with E-state index in [-0.39, 0.29) is 97.3 Å². The van der Waals surface area contributed by atoms with Crippen molar-refractivity contribution in [3.8, 4) is 0 Å². The molecule has 8 atom stereocenters. The van der Waals surface area contributed by atoms with E-state index in [2.05, 4.69) is 31.5 Å². The van der Waals surface area contributed by atoms with Crippen LogP contribution >= 0.6 is 11.8 Å². The Morgan fingerprint density at radius 3 is 2.40 bits per heavy atom. The topological polar surface area (TPSA) is 236 Å². The summed E-state index contributed by atoms with van der Waals surface area (Å²) in [7, 11) is -3.41. The van der Waals surface area contributed by atoms with Gasteiger partial charge in [-0.25, -0.2) is 12.7 Å². The van der Waals surface area contributed by atoms with Crippen molar-refractivity contribution in [3.63, 3.8) is 0 Å². The minimum Gasteiger partial charge on any atom is -0.381 e. The van der Waals surface area contributed by atoms with Gasteiger partial charge in [-0.3, -0.25) is 49.1 Å². The second-order valence-electron chi connectivity index (χ2n) is 20.7. The van der Waals surface area contributed by atoms with Crippen LogP contribution in [0.2, 0.25) is 0 Å². The van der Waals surface area contributed by atoms with E-state index in [1.165, 1.54) is 36.4 Å². The molecule has 0 aromatic carbocycles. The summed E-state index contributed by atoms with van der Waals surface area (Å²) in [5.41, 5.74) is -0.0684. The van der Waals surface area contributed by atoms with Gasteiger partial charge in [0, 0.05) is 75.5 Å². The Morgan fingerprint density at radius 2 is 1.67 bits per heavy atom. The second-order valence-corrected chi connectivity index (χ2v) is 23.8. The zero-order valence-corrected chi connectivity index (χ0v) is 40.8. The number of amides is 7. The van der Waals surface area contributed by atoms with Gasteiger partial charge in [0.2, 0.25) is 51.4 Å². The molecule has 21 heteroatoms. The van der Waals surface area contributed by atoms with Crippen LogP contribution in [0.1, 0.15) is 109 Å². The number of fused-ring (bicyclic) bond motifs is 1. The highest BCUT2D eigenvalue weighted by Crippen LogP contribution is 2.42. The molecule has 0 bridgehead atoms. The average molecular weight is 976 g/mol. The first kappa shape index (κ1) is 50.2. The molecule has 2 saturated carbocycles. The Balaban J connectivity index is 0.689. The number of hydrogen-bond acceptors (Lipinski definition) is 14. The molecule has 5 N–H and O–H groups in total. The molecule has 8 aliphatic rings. The monoisotopic (exact) mass is 975 g/mol. The Labute approximate surface area is 399 Å². The van der Waals surface area contributed by atoms with E-state index in [0.717, 1.165) is 81.9 Å². The van der Waals surface area contributed by atoms with E-state index >= 15 is 0 Å². The van der Waals surface area contributed by atoms with Gasteiger partial charge in [-0.2, -0.15) is 0 Å². The molecule has 0 radical (unpaired) electrons. The van der Waals surface area contributed by atoms with Crippen LogP contribution in [0.15, 0.2) is 0 Å². The number of rotatable bonds is 19. The maximum atomic E-state index is 13.6. The first-order valence-corrected chi connectivity index (χ1v) is 28.0. The minimum absolute atomic E-state index is 0.0985. The lowest BCUT2D eigenvalue weighted by molar-refractivity contribution is -0.151. The summed E-state index contributed by atoms with van der Waals surface area (Å²) < 4.78 is 31.4. The van der Waals surface area contributed by atoms with Gasteiger partial charge >= 0.3 is 0 Å². The van der Waals surface area contributed by atoms with Crippen LogP contribution in [0.4, 0.5) is 0 Å². The van der Waals surface area contributed by atoms with Crippen LogP contribution in [0.25, 0.3) is 0 Å². The fourth-order valence-electron chi connectivity index (χ4n) is 11.9. The van der Waals surface area contributed by atoms with E-state index in [1.807, 2.05) is 4.90 Å². The fourth-order valence-corrected chi connectivity index (χ4v) is 14.1. The summed E-state index contributed by atoms with van der Waals surface area (Å²) in [5.74, 6) is -1.79. The minimum atomic E-state index is -3.41. The van der Waals surface area contributed by atoms with Crippen LogP contribution in [0, 0.1) is 29.1 Å². The average Bonchev–Trinajstić information content (AvgIpc) is 4.05. The SMILES string of the molecule is CS(=O)(=O)N1CCC(C(=O)N[C@@H](CCOCCCC(=O)N2CC3(CCN(CCCNC4CCC5C(=O)N(C6CCC(=O)NC6=O)C(=O)C5C4)CC3)C2)C(=O)NC2NC(C3CCCCC3)CS2)C1. The Morgan fingerprint density at radius 1 is 0.910 bits per heavy atom.